The Bertz CT molecular complexity index is 851. The third-order valence-electron chi connectivity index (χ3n) is 3.09. The summed E-state index contributed by atoms with van der Waals surface area (Å²) in [6.45, 7) is 1.56. The van der Waals surface area contributed by atoms with Gasteiger partial charge in [0.25, 0.3) is 0 Å². The van der Waals surface area contributed by atoms with Gasteiger partial charge in [-0.2, -0.15) is 0 Å². The molecular formula is C17H13NOS. The van der Waals surface area contributed by atoms with Crippen molar-refractivity contribution in [1.29, 1.82) is 0 Å². The lowest BCUT2D eigenvalue weighted by Gasteiger charge is -1.93. The van der Waals surface area contributed by atoms with Crippen LogP contribution in [0.3, 0.4) is 0 Å². The second-order valence-electron chi connectivity index (χ2n) is 4.51. The van der Waals surface area contributed by atoms with E-state index >= 15 is 0 Å². The number of benzene rings is 2. The van der Waals surface area contributed by atoms with Gasteiger partial charge in [0.1, 0.15) is 0 Å². The van der Waals surface area contributed by atoms with Crippen LogP contribution in [0.25, 0.3) is 21.8 Å². The number of hydrogen-bond donors (Lipinski definition) is 1. The number of nitrogens with one attached hydrogen (secondary N) is 1. The molecule has 98 valence electrons. The second-order valence-corrected chi connectivity index (χ2v) is 5.67. The Morgan fingerprint density at radius 3 is 2.80 bits per heavy atom. The third-order valence-corrected chi connectivity index (χ3v) is 3.78. The number of para-hydroxylation sites is 1. The quantitative estimate of drug-likeness (QED) is 0.684. The summed E-state index contributed by atoms with van der Waals surface area (Å²) in [5, 5.41) is 2.50. The predicted molar refractivity (Wildman–Crippen MR) is 85.8 cm³/mol. The van der Waals surface area contributed by atoms with Crippen molar-refractivity contribution in [1.82, 2.24) is 4.98 Å². The average Bonchev–Trinajstić information content (AvgIpc) is 2.81. The van der Waals surface area contributed by atoms with Crippen molar-refractivity contribution < 1.29 is 4.79 Å². The van der Waals surface area contributed by atoms with Crippen molar-refractivity contribution in [2.75, 3.05) is 5.75 Å². The summed E-state index contributed by atoms with van der Waals surface area (Å²) in [4.78, 5) is 14.2. The fourth-order valence-corrected chi connectivity index (χ4v) is 2.55. The Morgan fingerprint density at radius 1 is 1.15 bits per heavy atom. The summed E-state index contributed by atoms with van der Waals surface area (Å²) < 4.78 is 0. The maximum absolute atomic E-state index is 10.8. The van der Waals surface area contributed by atoms with E-state index in [0.29, 0.717) is 5.75 Å². The van der Waals surface area contributed by atoms with Crippen LogP contribution in [0.4, 0.5) is 0 Å². The van der Waals surface area contributed by atoms with E-state index in [9.17, 15) is 4.79 Å². The zero-order chi connectivity index (χ0) is 13.9. The third kappa shape index (κ3) is 2.56. The Hall–Kier alpha value is -2.18. The van der Waals surface area contributed by atoms with Gasteiger partial charge in [0.05, 0.1) is 5.75 Å². The predicted octanol–water partition coefficient (Wildman–Crippen LogP) is 3.95. The molecule has 20 heavy (non-hydrogen) atoms. The van der Waals surface area contributed by atoms with E-state index in [4.69, 9.17) is 0 Å². The first-order valence-corrected chi connectivity index (χ1v) is 7.35. The Morgan fingerprint density at radius 2 is 1.95 bits per heavy atom. The molecule has 2 aromatic carbocycles. The van der Waals surface area contributed by atoms with Gasteiger partial charge in [0.2, 0.25) is 0 Å². The van der Waals surface area contributed by atoms with Crippen molar-refractivity contribution >= 4 is 38.7 Å². The van der Waals surface area contributed by atoms with E-state index in [-0.39, 0.29) is 5.12 Å². The first-order chi connectivity index (χ1) is 9.74. The highest BCUT2D eigenvalue weighted by Gasteiger charge is 2.03. The second kappa shape index (κ2) is 5.44. The van der Waals surface area contributed by atoms with Gasteiger partial charge in [0.15, 0.2) is 5.12 Å². The Balaban J connectivity index is 1.97. The number of rotatable bonds is 1. The van der Waals surface area contributed by atoms with E-state index in [1.807, 2.05) is 18.2 Å². The van der Waals surface area contributed by atoms with E-state index < -0.39 is 0 Å². The summed E-state index contributed by atoms with van der Waals surface area (Å²) in [5.74, 6) is 6.67. The molecule has 3 aromatic rings. The zero-order valence-corrected chi connectivity index (χ0v) is 11.9. The first-order valence-electron chi connectivity index (χ1n) is 6.37. The summed E-state index contributed by atoms with van der Waals surface area (Å²) in [6, 6.07) is 14.4. The van der Waals surface area contributed by atoms with Crippen molar-refractivity contribution in [3.05, 3.63) is 48.0 Å². The van der Waals surface area contributed by atoms with Gasteiger partial charge in [-0.1, -0.05) is 41.8 Å². The van der Waals surface area contributed by atoms with E-state index in [1.165, 1.54) is 22.5 Å². The van der Waals surface area contributed by atoms with Crippen LogP contribution in [0.1, 0.15) is 12.5 Å². The number of aromatic nitrogens is 1. The summed E-state index contributed by atoms with van der Waals surface area (Å²) in [6.07, 6.45) is 0. The Kier molecular flexibility index (Phi) is 3.49. The molecule has 0 radical (unpaired) electrons. The molecule has 0 saturated heterocycles. The van der Waals surface area contributed by atoms with Gasteiger partial charge in [-0.3, -0.25) is 4.79 Å². The lowest BCUT2D eigenvalue weighted by Crippen LogP contribution is -1.82. The van der Waals surface area contributed by atoms with Crippen LogP contribution < -0.4 is 0 Å². The molecule has 1 aromatic heterocycles. The zero-order valence-electron chi connectivity index (χ0n) is 11.1. The number of hydrogen-bond acceptors (Lipinski definition) is 2. The molecule has 0 aliphatic rings. The van der Waals surface area contributed by atoms with Crippen LogP contribution in [0.15, 0.2) is 42.5 Å². The number of aromatic amines is 1. The average molecular weight is 279 g/mol. The highest BCUT2D eigenvalue weighted by Crippen LogP contribution is 2.25. The monoisotopic (exact) mass is 279 g/mol. The van der Waals surface area contributed by atoms with E-state index in [0.717, 1.165) is 16.6 Å². The number of fused-ring (bicyclic) bond motifs is 3. The van der Waals surface area contributed by atoms with Gasteiger partial charge in [-0.05, 0) is 24.3 Å². The molecule has 0 aliphatic carbocycles. The van der Waals surface area contributed by atoms with Crippen molar-refractivity contribution in [3.8, 4) is 11.8 Å². The van der Waals surface area contributed by atoms with Crippen LogP contribution >= 0.6 is 11.8 Å². The maximum atomic E-state index is 10.8. The lowest BCUT2D eigenvalue weighted by molar-refractivity contribution is -0.109. The molecule has 0 spiro atoms. The molecule has 0 bridgehead atoms. The van der Waals surface area contributed by atoms with Crippen LogP contribution in [0.2, 0.25) is 0 Å². The molecule has 0 aliphatic heterocycles. The number of carbonyl (C=O) groups is 1. The fourth-order valence-electron chi connectivity index (χ4n) is 2.20. The van der Waals surface area contributed by atoms with Crippen LogP contribution in [-0.2, 0) is 4.79 Å². The van der Waals surface area contributed by atoms with Crippen LogP contribution in [-0.4, -0.2) is 15.9 Å². The van der Waals surface area contributed by atoms with Crippen LogP contribution in [0.5, 0.6) is 0 Å². The van der Waals surface area contributed by atoms with E-state index in [2.05, 4.69) is 41.1 Å². The molecule has 1 heterocycles. The number of H-pyrrole nitrogens is 1. The molecular weight excluding hydrogens is 266 g/mol. The summed E-state index contributed by atoms with van der Waals surface area (Å²) >= 11 is 1.24. The van der Waals surface area contributed by atoms with Crippen molar-refractivity contribution in [3.63, 3.8) is 0 Å². The summed E-state index contributed by atoms with van der Waals surface area (Å²) in [7, 11) is 0. The topological polar surface area (TPSA) is 32.9 Å². The highest BCUT2D eigenvalue weighted by molar-refractivity contribution is 8.13. The Labute approximate surface area is 121 Å². The largest absolute Gasteiger partial charge is 0.355 e. The SMILES string of the molecule is CC(=O)SCC#Cc1ccc2[nH]c3ccccc3c2c1. The van der Waals surface area contributed by atoms with E-state index in [1.54, 1.807) is 6.92 Å². The van der Waals surface area contributed by atoms with Crippen LogP contribution in [0, 0.1) is 11.8 Å². The standard InChI is InChI=1S/C17H13NOS/c1-12(19)20-10-4-5-13-8-9-17-15(11-13)14-6-2-3-7-16(14)18-17/h2-3,6-9,11,18H,10H2,1H3. The minimum Gasteiger partial charge on any atom is -0.355 e. The molecule has 0 saturated carbocycles. The van der Waals surface area contributed by atoms with Gasteiger partial charge >= 0.3 is 0 Å². The molecule has 3 heteroatoms. The van der Waals surface area contributed by atoms with Gasteiger partial charge < -0.3 is 4.98 Å². The van der Waals surface area contributed by atoms with Gasteiger partial charge in [-0.15, -0.1) is 0 Å². The minimum atomic E-state index is 0.103. The maximum Gasteiger partial charge on any atom is 0.186 e. The number of carbonyl (C=O) groups excluding carboxylic acids is 1. The van der Waals surface area contributed by atoms with Gasteiger partial charge in [0, 0.05) is 34.3 Å². The molecule has 0 atom stereocenters. The van der Waals surface area contributed by atoms with Gasteiger partial charge in [-0.25, -0.2) is 0 Å². The smallest absolute Gasteiger partial charge is 0.186 e. The van der Waals surface area contributed by atoms with Crippen molar-refractivity contribution in [2.45, 2.75) is 6.92 Å². The number of thioether (sulfide) groups is 1. The molecule has 0 fully saturated rings. The lowest BCUT2D eigenvalue weighted by atomic mass is 10.1. The normalized spacial score (nSPS) is 10.4. The van der Waals surface area contributed by atoms with Crippen molar-refractivity contribution in [2.24, 2.45) is 0 Å². The fraction of sp³-hybridized carbons (Fsp3) is 0.118. The molecule has 0 unspecified atom stereocenters. The highest BCUT2D eigenvalue weighted by atomic mass is 32.2. The molecule has 0 amide bonds. The summed E-state index contributed by atoms with van der Waals surface area (Å²) in [5.41, 5.74) is 3.24. The first kappa shape index (κ1) is 12.8. The molecule has 3 rings (SSSR count). The molecule has 1 N–H and O–H groups in total. The minimum absolute atomic E-state index is 0.103. The molecule has 2 nitrogen and oxygen atoms in total.